The Kier molecular flexibility index (Phi) is 4.70. The van der Waals surface area contributed by atoms with Gasteiger partial charge in [-0.15, -0.1) is 0 Å². The van der Waals surface area contributed by atoms with E-state index in [1.54, 1.807) is 31.3 Å². The number of hydrogen-bond acceptors (Lipinski definition) is 4. The molecule has 0 bridgehead atoms. The average Bonchev–Trinajstić information content (AvgIpc) is 2.88. The summed E-state index contributed by atoms with van der Waals surface area (Å²) in [4.78, 5) is 23.1. The number of carboxylic acids is 1. The van der Waals surface area contributed by atoms with Crippen LogP contribution in [-0.2, 0) is 20.7 Å². The van der Waals surface area contributed by atoms with Crippen molar-refractivity contribution in [1.82, 2.24) is 5.32 Å². The Labute approximate surface area is 117 Å². The van der Waals surface area contributed by atoms with Gasteiger partial charge in [0.1, 0.15) is 0 Å². The Bertz CT molecular complexity index is 504. The van der Waals surface area contributed by atoms with E-state index in [1.807, 2.05) is 0 Å². The highest BCUT2D eigenvalue weighted by Crippen LogP contribution is 2.20. The number of carbonyl (C=O) groups is 2. The van der Waals surface area contributed by atoms with Crippen molar-refractivity contribution >= 4 is 17.6 Å². The van der Waals surface area contributed by atoms with Gasteiger partial charge in [0.15, 0.2) is 0 Å². The summed E-state index contributed by atoms with van der Waals surface area (Å²) >= 11 is 0. The molecule has 1 aromatic carbocycles. The molecular formula is C14H18N2O4. The number of ether oxygens (including phenoxy) is 1. The van der Waals surface area contributed by atoms with Crippen molar-refractivity contribution in [3.05, 3.63) is 29.8 Å². The second-order valence-corrected chi connectivity index (χ2v) is 4.76. The van der Waals surface area contributed by atoms with Gasteiger partial charge in [-0.25, -0.2) is 0 Å². The molecule has 1 aliphatic rings. The molecule has 0 spiro atoms. The Morgan fingerprint density at radius 1 is 1.35 bits per heavy atom. The third kappa shape index (κ3) is 3.34. The van der Waals surface area contributed by atoms with Crippen molar-refractivity contribution in [1.29, 1.82) is 0 Å². The van der Waals surface area contributed by atoms with Crippen LogP contribution in [0.25, 0.3) is 0 Å². The quantitative estimate of drug-likeness (QED) is 0.729. The molecule has 1 heterocycles. The minimum atomic E-state index is -0.927. The van der Waals surface area contributed by atoms with Crippen LogP contribution in [0.3, 0.4) is 0 Å². The molecule has 0 radical (unpaired) electrons. The largest absolute Gasteiger partial charge is 0.481 e. The standard InChI is InChI=1S/C14H18N2O4/c1-15-12-8-20-7-10(12)14(19)16-11-5-3-2-4-9(11)6-13(17)18/h2-5,10,12,15H,6-8H2,1H3,(H,16,19)(H,17,18). The van der Waals surface area contributed by atoms with E-state index >= 15 is 0 Å². The fourth-order valence-corrected chi connectivity index (χ4v) is 2.28. The highest BCUT2D eigenvalue weighted by molar-refractivity contribution is 5.94. The lowest BCUT2D eigenvalue weighted by atomic mass is 10.0. The van der Waals surface area contributed by atoms with Gasteiger partial charge in [0, 0.05) is 11.7 Å². The minimum absolute atomic E-state index is 0.0124. The number of hydrogen-bond donors (Lipinski definition) is 3. The first-order valence-corrected chi connectivity index (χ1v) is 6.47. The van der Waals surface area contributed by atoms with E-state index in [4.69, 9.17) is 9.84 Å². The van der Waals surface area contributed by atoms with Gasteiger partial charge in [-0.3, -0.25) is 9.59 Å². The molecule has 1 saturated heterocycles. The van der Waals surface area contributed by atoms with Crippen LogP contribution in [0.1, 0.15) is 5.56 Å². The summed E-state index contributed by atoms with van der Waals surface area (Å²) in [5.41, 5.74) is 1.13. The monoisotopic (exact) mass is 278 g/mol. The van der Waals surface area contributed by atoms with E-state index in [1.165, 1.54) is 0 Å². The van der Waals surface area contributed by atoms with Gasteiger partial charge in [0.25, 0.3) is 0 Å². The molecule has 3 N–H and O–H groups in total. The summed E-state index contributed by atoms with van der Waals surface area (Å²) in [7, 11) is 1.79. The maximum Gasteiger partial charge on any atom is 0.307 e. The Morgan fingerprint density at radius 3 is 2.80 bits per heavy atom. The van der Waals surface area contributed by atoms with Gasteiger partial charge >= 0.3 is 5.97 Å². The zero-order valence-electron chi connectivity index (χ0n) is 11.3. The van der Waals surface area contributed by atoms with Gasteiger partial charge in [0.05, 0.1) is 25.6 Å². The second kappa shape index (κ2) is 6.49. The molecule has 2 atom stereocenters. The lowest BCUT2D eigenvalue weighted by molar-refractivity contribution is -0.136. The molecule has 20 heavy (non-hydrogen) atoms. The summed E-state index contributed by atoms with van der Waals surface area (Å²) in [6.07, 6.45) is -0.118. The second-order valence-electron chi connectivity index (χ2n) is 4.76. The summed E-state index contributed by atoms with van der Waals surface area (Å²) in [5.74, 6) is -1.35. The van der Waals surface area contributed by atoms with Gasteiger partial charge in [-0.05, 0) is 18.7 Å². The number of carboxylic acid groups (broad SMARTS) is 1. The van der Waals surface area contributed by atoms with Crippen LogP contribution in [0.2, 0.25) is 0 Å². The summed E-state index contributed by atoms with van der Waals surface area (Å²) in [6, 6.07) is 6.91. The van der Waals surface area contributed by atoms with E-state index in [2.05, 4.69) is 10.6 Å². The number of benzene rings is 1. The number of likely N-dealkylation sites (N-methyl/N-ethyl adjacent to an activating group) is 1. The number of amides is 1. The topological polar surface area (TPSA) is 87.7 Å². The number of nitrogens with one attached hydrogen (secondary N) is 2. The molecule has 1 aliphatic heterocycles. The fraction of sp³-hybridized carbons (Fsp3) is 0.429. The van der Waals surface area contributed by atoms with Crippen LogP contribution in [-0.4, -0.2) is 43.3 Å². The van der Waals surface area contributed by atoms with Crippen LogP contribution < -0.4 is 10.6 Å². The van der Waals surface area contributed by atoms with E-state index in [9.17, 15) is 9.59 Å². The number of anilines is 1. The summed E-state index contributed by atoms with van der Waals surface area (Å²) in [5, 5.41) is 14.7. The molecule has 108 valence electrons. The molecule has 2 unspecified atom stereocenters. The number of para-hydroxylation sites is 1. The highest BCUT2D eigenvalue weighted by atomic mass is 16.5. The van der Waals surface area contributed by atoms with E-state index in [0.717, 1.165) is 0 Å². The first-order chi connectivity index (χ1) is 9.61. The van der Waals surface area contributed by atoms with E-state index in [-0.39, 0.29) is 24.3 Å². The van der Waals surface area contributed by atoms with Crippen LogP contribution in [0.4, 0.5) is 5.69 Å². The van der Waals surface area contributed by atoms with Crippen LogP contribution in [0.15, 0.2) is 24.3 Å². The highest BCUT2D eigenvalue weighted by Gasteiger charge is 2.33. The van der Waals surface area contributed by atoms with Crippen molar-refractivity contribution in [3.8, 4) is 0 Å². The summed E-state index contributed by atoms with van der Waals surface area (Å²) < 4.78 is 5.30. The molecule has 0 aliphatic carbocycles. The first-order valence-electron chi connectivity index (χ1n) is 6.47. The minimum Gasteiger partial charge on any atom is -0.481 e. The Balaban J connectivity index is 2.09. The van der Waals surface area contributed by atoms with E-state index in [0.29, 0.717) is 24.5 Å². The number of carbonyl (C=O) groups excluding carboxylic acids is 1. The van der Waals surface area contributed by atoms with Crippen molar-refractivity contribution in [3.63, 3.8) is 0 Å². The zero-order valence-corrected chi connectivity index (χ0v) is 11.3. The van der Waals surface area contributed by atoms with Gasteiger partial charge < -0.3 is 20.5 Å². The fourth-order valence-electron chi connectivity index (χ4n) is 2.28. The van der Waals surface area contributed by atoms with Crippen molar-refractivity contribution in [2.24, 2.45) is 5.92 Å². The maximum atomic E-state index is 12.2. The number of aliphatic carboxylic acids is 1. The number of rotatable bonds is 5. The Hall–Kier alpha value is -1.92. The van der Waals surface area contributed by atoms with Gasteiger partial charge in [-0.1, -0.05) is 18.2 Å². The third-order valence-corrected chi connectivity index (χ3v) is 3.40. The van der Waals surface area contributed by atoms with Crippen LogP contribution in [0.5, 0.6) is 0 Å². The lowest BCUT2D eigenvalue weighted by Crippen LogP contribution is -2.39. The normalized spacial score (nSPS) is 21.6. The van der Waals surface area contributed by atoms with Crippen molar-refractivity contribution < 1.29 is 19.4 Å². The van der Waals surface area contributed by atoms with Gasteiger partial charge in [0.2, 0.25) is 5.91 Å². The molecule has 6 nitrogen and oxygen atoms in total. The molecule has 2 rings (SSSR count). The molecular weight excluding hydrogens is 260 g/mol. The molecule has 1 aromatic rings. The SMILES string of the molecule is CNC1COCC1C(=O)Nc1ccccc1CC(=O)O. The predicted molar refractivity (Wildman–Crippen MR) is 73.6 cm³/mol. The smallest absolute Gasteiger partial charge is 0.307 e. The Morgan fingerprint density at radius 2 is 2.10 bits per heavy atom. The first kappa shape index (κ1) is 14.5. The average molecular weight is 278 g/mol. The van der Waals surface area contributed by atoms with Gasteiger partial charge in [-0.2, -0.15) is 0 Å². The zero-order chi connectivity index (χ0) is 14.5. The predicted octanol–water partition coefficient (Wildman–Crippen LogP) is 0.487. The molecule has 1 amide bonds. The maximum absolute atomic E-state index is 12.2. The molecule has 0 saturated carbocycles. The molecule has 0 aromatic heterocycles. The molecule has 6 heteroatoms. The lowest BCUT2D eigenvalue weighted by Gasteiger charge is -2.17. The van der Waals surface area contributed by atoms with Crippen LogP contribution >= 0.6 is 0 Å². The summed E-state index contributed by atoms with van der Waals surface area (Å²) in [6.45, 7) is 0.879. The van der Waals surface area contributed by atoms with Crippen molar-refractivity contribution in [2.45, 2.75) is 12.5 Å². The van der Waals surface area contributed by atoms with Crippen molar-refractivity contribution in [2.75, 3.05) is 25.6 Å². The van der Waals surface area contributed by atoms with E-state index < -0.39 is 5.97 Å². The third-order valence-electron chi connectivity index (χ3n) is 3.40. The van der Waals surface area contributed by atoms with Crippen LogP contribution in [0, 0.1) is 5.92 Å². The molecule has 1 fully saturated rings.